The molecule has 0 aliphatic carbocycles. The Morgan fingerprint density at radius 1 is 1.11 bits per heavy atom. The summed E-state index contributed by atoms with van der Waals surface area (Å²) >= 11 is 5.76. The maximum absolute atomic E-state index is 11.3. The molecule has 0 unspecified atom stereocenters. The van der Waals surface area contributed by atoms with E-state index in [4.69, 9.17) is 25.8 Å². The minimum atomic E-state index is -0.198. The molecule has 5 heteroatoms. The maximum Gasteiger partial charge on any atom is 0.305 e. The zero-order valence-electron chi connectivity index (χ0n) is 11.1. The van der Waals surface area contributed by atoms with Crippen molar-refractivity contribution in [1.82, 2.24) is 0 Å². The van der Waals surface area contributed by atoms with Crippen LogP contribution in [0.1, 0.15) is 19.3 Å². The Balaban J connectivity index is 2.03. The third-order valence-corrected chi connectivity index (χ3v) is 2.62. The molecule has 19 heavy (non-hydrogen) atoms. The summed E-state index contributed by atoms with van der Waals surface area (Å²) in [5, 5.41) is 0.673. The summed E-state index contributed by atoms with van der Waals surface area (Å²) in [6, 6.07) is 7.12. The molecule has 0 aliphatic rings. The van der Waals surface area contributed by atoms with Crippen molar-refractivity contribution in [2.24, 2.45) is 0 Å². The zero-order chi connectivity index (χ0) is 13.9. The van der Waals surface area contributed by atoms with Gasteiger partial charge in [0.2, 0.25) is 0 Å². The van der Waals surface area contributed by atoms with Gasteiger partial charge in [0.1, 0.15) is 5.75 Å². The fourth-order valence-corrected chi connectivity index (χ4v) is 1.52. The van der Waals surface area contributed by atoms with E-state index in [-0.39, 0.29) is 5.97 Å². The molecular formula is C14H19ClO4. The van der Waals surface area contributed by atoms with Crippen molar-refractivity contribution in [3.8, 4) is 5.75 Å². The lowest BCUT2D eigenvalue weighted by Gasteiger charge is -2.06. The first-order valence-electron chi connectivity index (χ1n) is 6.25. The monoisotopic (exact) mass is 286 g/mol. The van der Waals surface area contributed by atoms with Crippen LogP contribution in [-0.2, 0) is 14.3 Å². The van der Waals surface area contributed by atoms with Gasteiger partial charge in [-0.2, -0.15) is 0 Å². The van der Waals surface area contributed by atoms with Crippen LogP contribution in [0.3, 0.4) is 0 Å². The number of hydrogen-bond acceptors (Lipinski definition) is 4. The summed E-state index contributed by atoms with van der Waals surface area (Å²) in [7, 11) is 1.62. The number of ether oxygens (including phenoxy) is 3. The molecule has 0 radical (unpaired) electrons. The van der Waals surface area contributed by atoms with Crippen LogP contribution in [0.25, 0.3) is 0 Å². The minimum absolute atomic E-state index is 0.198. The van der Waals surface area contributed by atoms with Crippen LogP contribution in [-0.4, -0.2) is 32.9 Å². The summed E-state index contributed by atoms with van der Waals surface area (Å²) in [6.45, 7) is 1.49. The van der Waals surface area contributed by atoms with Gasteiger partial charge >= 0.3 is 5.97 Å². The van der Waals surface area contributed by atoms with Crippen molar-refractivity contribution in [2.45, 2.75) is 19.3 Å². The highest BCUT2D eigenvalue weighted by atomic mass is 35.5. The largest absolute Gasteiger partial charge is 0.494 e. The third kappa shape index (κ3) is 7.70. The van der Waals surface area contributed by atoms with Crippen LogP contribution < -0.4 is 4.74 Å². The van der Waals surface area contributed by atoms with E-state index in [0.717, 1.165) is 12.2 Å². The Bertz CT molecular complexity index is 364. The number of hydrogen-bond donors (Lipinski definition) is 0. The molecule has 0 atom stereocenters. The van der Waals surface area contributed by atoms with Crippen LogP contribution in [0.15, 0.2) is 24.3 Å². The van der Waals surface area contributed by atoms with Gasteiger partial charge in [-0.05, 0) is 30.7 Å². The van der Waals surface area contributed by atoms with Gasteiger partial charge < -0.3 is 14.2 Å². The van der Waals surface area contributed by atoms with Crippen molar-refractivity contribution < 1.29 is 19.0 Å². The van der Waals surface area contributed by atoms with Gasteiger partial charge in [0.15, 0.2) is 0 Å². The molecule has 0 aromatic heterocycles. The Morgan fingerprint density at radius 2 is 1.84 bits per heavy atom. The maximum atomic E-state index is 11.3. The molecule has 0 saturated heterocycles. The van der Waals surface area contributed by atoms with Crippen LogP contribution in [0.4, 0.5) is 0 Å². The van der Waals surface area contributed by atoms with Gasteiger partial charge in [-0.15, -0.1) is 0 Å². The normalized spacial score (nSPS) is 10.2. The summed E-state index contributed by atoms with van der Waals surface area (Å²) in [4.78, 5) is 11.3. The first kappa shape index (κ1) is 15.8. The number of benzene rings is 1. The highest BCUT2D eigenvalue weighted by molar-refractivity contribution is 6.30. The van der Waals surface area contributed by atoms with E-state index >= 15 is 0 Å². The van der Waals surface area contributed by atoms with Crippen molar-refractivity contribution in [2.75, 3.05) is 26.9 Å². The van der Waals surface area contributed by atoms with Crippen LogP contribution in [0.2, 0.25) is 5.02 Å². The average molecular weight is 287 g/mol. The van der Waals surface area contributed by atoms with E-state index in [1.807, 2.05) is 0 Å². The predicted octanol–water partition coefficient (Wildman–Crippen LogP) is 3.08. The lowest BCUT2D eigenvalue weighted by Crippen LogP contribution is -2.09. The number of rotatable bonds is 9. The summed E-state index contributed by atoms with van der Waals surface area (Å²) in [5.74, 6) is 0.550. The van der Waals surface area contributed by atoms with Crippen LogP contribution >= 0.6 is 11.6 Å². The van der Waals surface area contributed by atoms with Crippen molar-refractivity contribution in [1.29, 1.82) is 0 Å². The molecule has 0 aliphatic heterocycles. The number of methoxy groups -OCH3 is 1. The molecule has 1 aromatic carbocycles. The van der Waals surface area contributed by atoms with E-state index < -0.39 is 0 Å². The number of carbonyl (C=O) groups is 1. The molecule has 0 amide bonds. The van der Waals surface area contributed by atoms with Crippen molar-refractivity contribution in [3.63, 3.8) is 0 Å². The molecule has 1 rings (SSSR count). The number of halogens is 1. The first-order chi connectivity index (χ1) is 9.22. The van der Waals surface area contributed by atoms with E-state index in [1.165, 1.54) is 0 Å². The van der Waals surface area contributed by atoms with Crippen LogP contribution in [0, 0.1) is 0 Å². The molecule has 1 aromatic rings. The van der Waals surface area contributed by atoms with E-state index in [9.17, 15) is 4.79 Å². The Kier molecular flexibility index (Phi) is 8.02. The predicted molar refractivity (Wildman–Crippen MR) is 73.6 cm³/mol. The molecular weight excluding hydrogens is 268 g/mol. The molecule has 0 bridgehead atoms. The first-order valence-corrected chi connectivity index (χ1v) is 6.63. The minimum Gasteiger partial charge on any atom is -0.494 e. The van der Waals surface area contributed by atoms with Gasteiger partial charge in [0.25, 0.3) is 0 Å². The van der Waals surface area contributed by atoms with Gasteiger partial charge in [0, 0.05) is 31.6 Å². The Hall–Kier alpha value is -1.26. The Morgan fingerprint density at radius 3 is 2.53 bits per heavy atom. The molecule has 0 N–H and O–H groups in total. The van der Waals surface area contributed by atoms with Gasteiger partial charge in [0.05, 0.1) is 13.2 Å². The van der Waals surface area contributed by atoms with Crippen LogP contribution in [0.5, 0.6) is 5.75 Å². The summed E-state index contributed by atoms with van der Waals surface area (Å²) < 4.78 is 15.3. The Labute approximate surface area is 118 Å². The molecule has 0 fully saturated rings. The fraction of sp³-hybridized carbons (Fsp3) is 0.500. The second-order valence-electron chi connectivity index (χ2n) is 3.97. The average Bonchev–Trinajstić information content (AvgIpc) is 2.42. The lowest BCUT2D eigenvalue weighted by atomic mass is 10.3. The van der Waals surface area contributed by atoms with Gasteiger partial charge in [-0.3, -0.25) is 4.79 Å². The molecule has 106 valence electrons. The second-order valence-corrected chi connectivity index (χ2v) is 4.41. The fourth-order valence-electron chi connectivity index (χ4n) is 1.40. The van der Waals surface area contributed by atoms with E-state index in [2.05, 4.69) is 0 Å². The van der Waals surface area contributed by atoms with Gasteiger partial charge in [-0.25, -0.2) is 0 Å². The quantitative estimate of drug-likeness (QED) is 0.517. The molecule has 0 saturated carbocycles. The van der Waals surface area contributed by atoms with Crippen molar-refractivity contribution in [3.05, 3.63) is 29.3 Å². The highest BCUT2D eigenvalue weighted by Gasteiger charge is 2.02. The lowest BCUT2D eigenvalue weighted by molar-refractivity contribution is -0.144. The van der Waals surface area contributed by atoms with E-state index in [0.29, 0.717) is 37.7 Å². The second kappa shape index (κ2) is 9.64. The topological polar surface area (TPSA) is 44.8 Å². The van der Waals surface area contributed by atoms with Crippen molar-refractivity contribution >= 4 is 17.6 Å². The van der Waals surface area contributed by atoms with Gasteiger partial charge in [-0.1, -0.05) is 11.6 Å². The number of carbonyl (C=O) groups excluding carboxylic acids is 1. The summed E-state index contributed by atoms with van der Waals surface area (Å²) in [5.41, 5.74) is 0. The SMILES string of the molecule is COCCCOC(=O)CCCOc1ccc(Cl)cc1. The number of esters is 1. The molecule has 0 heterocycles. The van der Waals surface area contributed by atoms with E-state index in [1.54, 1.807) is 31.4 Å². The standard InChI is InChI=1S/C14H19ClO4/c1-17-9-3-11-19-14(16)4-2-10-18-13-7-5-12(15)6-8-13/h5-8H,2-4,9-11H2,1H3. The third-order valence-electron chi connectivity index (χ3n) is 2.36. The molecule has 4 nitrogen and oxygen atoms in total. The highest BCUT2D eigenvalue weighted by Crippen LogP contribution is 2.15. The molecule has 0 spiro atoms. The zero-order valence-corrected chi connectivity index (χ0v) is 11.8. The summed E-state index contributed by atoms with van der Waals surface area (Å²) in [6.07, 6.45) is 1.72. The smallest absolute Gasteiger partial charge is 0.305 e.